The van der Waals surface area contributed by atoms with Crippen LogP contribution in [0.15, 0.2) is 48.5 Å². The highest BCUT2D eigenvalue weighted by Gasteiger charge is 2.44. The number of hydrogen-bond donors (Lipinski definition) is 2. The Kier molecular flexibility index (Phi) is 6.65. The second kappa shape index (κ2) is 9.61. The van der Waals surface area contributed by atoms with E-state index in [2.05, 4.69) is 39.8 Å². The van der Waals surface area contributed by atoms with E-state index in [0.717, 1.165) is 23.3 Å². The minimum atomic E-state index is -0.406. The van der Waals surface area contributed by atoms with Crippen molar-refractivity contribution < 1.29 is 14.3 Å². The van der Waals surface area contributed by atoms with Crippen LogP contribution in [0.3, 0.4) is 0 Å². The van der Waals surface area contributed by atoms with Crippen LogP contribution in [0.5, 0.6) is 5.75 Å². The van der Waals surface area contributed by atoms with Crippen molar-refractivity contribution in [2.45, 2.75) is 37.4 Å². The summed E-state index contributed by atoms with van der Waals surface area (Å²) in [5.41, 5.74) is 3.63. The van der Waals surface area contributed by atoms with Crippen molar-refractivity contribution >= 4 is 11.9 Å². The van der Waals surface area contributed by atoms with Crippen molar-refractivity contribution in [1.82, 2.24) is 20.4 Å². The second-order valence-corrected chi connectivity index (χ2v) is 8.59. The zero-order valence-electron chi connectivity index (χ0n) is 19.0. The first-order chi connectivity index (χ1) is 15.5. The average Bonchev–Trinajstić information content (AvgIpc) is 3.64. The molecule has 170 valence electrons. The highest BCUT2D eigenvalue weighted by molar-refractivity contribution is 5.85. The number of benzene rings is 2. The van der Waals surface area contributed by atoms with E-state index in [4.69, 9.17) is 4.74 Å². The summed E-state index contributed by atoms with van der Waals surface area (Å²) in [7, 11) is 5.18. The number of hydrogen-bond acceptors (Lipinski definition) is 4. The van der Waals surface area contributed by atoms with Crippen LogP contribution < -0.4 is 15.4 Å². The first-order valence-corrected chi connectivity index (χ1v) is 11.2. The van der Waals surface area contributed by atoms with Gasteiger partial charge in [0.1, 0.15) is 18.0 Å². The van der Waals surface area contributed by atoms with Crippen LogP contribution in [-0.4, -0.2) is 62.1 Å². The van der Waals surface area contributed by atoms with Crippen molar-refractivity contribution in [3.05, 3.63) is 65.2 Å². The van der Waals surface area contributed by atoms with Crippen LogP contribution in [0.1, 0.15) is 41.6 Å². The van der Waals surface area contributed by atoms with Gasteiger partial charge in [0.25, 0.3) is 0 Å². The molecule has 2 fully saturated rings. The molecule has 1 saturated carbocycles. The Morgan fingerprint density at radius 3 is 2.31 bits per heavy atom. The fourth-order valence-corrected chi connectivity index (χ4v) is 4.43. The molecule has 2 atom stereocenters. The van der Waals surface area contributed by atoms with Gasteiger partial charge < -0.3 is 20.3 Å². The Balaban J connectivity index is 1.53. The predicted octanol–water partition coefficient (Wildman–Crippen LogP) is 2.89. The number of carbonyl (C=O) groups is 2. The molecule has 0 unspecified atom stereocenters. The van der Waals surface area contributed by atoms with E-state index in [0.29, 0.717) is 12.5 Å². The first-order valence-electron chi connectivity index (χ1n) is 11.2. The zero-order valence-corrected chi connectivity index (χ0v) is 19.0. The number of rotatable bonds is 8. The Labute approximate surface area is 189 Å². The standard InChI is InChI=1S/C25H32N4O3/c1-26-25(31)27-16-22-24(30)29(15-14-17-4-12-21(32-3)13-5-17)23(28(22)2)20-10-8-19(9-11-20)18-6-7-18/h4-5,8-13,18,22-23H,6-7,14-16H2,1-3H3,(H2,26,27,31)/t22-,23-/m0/s1. The molecule has 0 aromatic heterocycles. The van der Waals surface area contributed by atoms with E-state index in [-0.39, 0.29) is 24.6 Å². The molecule has 7 heteroatoms. The summed E-state index contributed by atoms with van der Waals surface area (Å²) in [5.74, 6) is 1.55. The van der Waals surface area contributed by atoms with Gasteiger partial charge in [-0.05, 0) is 61.1 Å². The number of amides is 3. The van der Waals surface area contributed by atoms with Crippen molar-refractivity contribution in [2.75, 3.05) is 34.3 Å². The molecule has 1 aliphatic heterocycles. The van der Waals surface area contributed by atoms with Crippen LogP contribution in [0, 0.1) is 0 Å². The van der Waals surface area contributed by atoms with E-state index < -0.39 is 6.04 Å². The lowest BCUT2D eigenvalue weighted by Gasteiger charge is -2.29. The monoisotopic (exact) mass is 436 g/mol. The molecule has 2 N–H and O–H groups in total. The first kappa shape index (κ1) is 22.1. The molecule has 0 spiro atoms. The Hall–Kier alpha value is -3.06. The topological polar surface area (TPSA) is 73.9 Å². The minimum Gasteiger partial charge on any atom is -0.497 e. The van der Waals surface area contributed by atoms with Crippen molar-refractivity contribution in [3.8, 4) is 5.75 Å². The SMILES string of the molecule is CNC(=O)NC[C@H]1C(=O)N(CCc2ccc(OC)cc2)[C@@H](c2ccc(C3CC3)cc2)N1C. The van der Waals surface area contributed by atoms with Gasteiger partial charge >= 0.3 is 6.03 Å². The van der Waals surface area contributed by atoms with Gasteiger partial charge in [-0.2, -0.15) is 0 Å². The summed E-state index contributed by atoms with van der Waals surface area (Å²) in [6.07, 6.45) is 3.12. The van der Waals surface area contributed by atoms with E-state index in [1.54, 1.807) is 14.2 Å². The molecule has 1 saturated heterocycles. The van der Waals surface area contributed by atoms with Crippen LogP contribution >= 0.6 is 0 Å². The number of nitrogens with one attached hydrogen (secondary N) is 2. The quantitative estimate of drug-likeness (QED) is 0.667. The van der Waals surface area contributed by atoms with Gasteiger partial charge in [0.05, 0.1) is 7.11 Å². The molecule has 1 heterocycles. The van der Waals surface area contributed by atoms with Gasteiger partial charge in [-0.3, -0.25) is 9.69 Å². The van der Waals surface area contributed by atoms with Crippen molar-refractivity contribution in [2.24, 2.45) is 0 Å². The number of carbonyl (C=O) groups excluding carboxylic acids is 2. The third kappa shape index (κ3) is 4.72. The predicted molar refractivity (Wildman–Crippen MR) is 124 cm³/mol. The lowest BCUT2D eigenvalue weighted by molar-refractivity contribution is -0.130. The summed E-state index contributed by atoms with van der Waals surface area (Å²) >= 11 is 0. The fraction of sp³-hybridized carbons (Fsp3) is 0.440. The number of methoxy groups -OCH3 is 1. The maximum Gasteiger partial charge on any atom is 0.314 e. The maximum absolute atomic E-state index is 13.4. The van der Waals surface area contributed by atoms with Crippen molar-refractivity contribution in [3.63, 3.8) is 0 Å². The zero-order chi connectivity index (χ0) is 22.7. The lowest BCUT2D eigenvalue weighted by Crippen LogP contribution is -2.45. The van der Waals surface area contributed by atoms with Crippen LogP contribution in [0.4, 0.5) is 4.79 Å². The summed E-state index contributed by atoms with van der Waals surface area (Å²) in [5, 5.41) is 5.34. The number of nitrogens with zero attached hydrogens (tertiary/aromatic N) is 2. The number of ether oxygens (including phenoxy) is 1. The van der Waals surface area contributed by atoms with Crippen LogP contribution in [-0.2, 0) is 11.2 Å². The highest BCUT2D eigenvalue weighted by Crippen LogP contribution is 2.41. The van der Waals surface area contributed by atoms with Gasteiger partial charge in [-0.25, -0.2) is 4.79 Å². The summed E-state index contributed by atoms with van der Waals surface area (Å²) in [4.78, 5) is 29.1. The van der Waals surface area contributed by atoms with E-state index in [9.17, 15) is 9.59 Å². The fourth-order valence-electron chi connectivity index (χ4n) is 4.43. The highest BCUT2D eigenvalue weighted by atomic mass is 16.5. The van der Waals surface area contributed by atoms with Crippen molar-refractivity contribution in [1.29, 1.82) is 0 Å². The molecular formula is C25H32N4O3. The Morgan fingerprint density at radius 1 is 1.06 bits per heavy atom. The third-order valence-electron chi connectivity index (χ3n) is 6.51. The minimum absolute atomic E-state index is 0.0358. The molecule has 0 radical (unpaired) electrons. The normalized spacial score (nSPS) is 21.0. The van der Waals surface area contributed by atoms with Gasteiger partial charge in [0, 0.05) is 20.1 Å². The molecular weight excluding hydrogens is 404 g/mol. The lowest BCUT2D eigenvalue weighted by atomic mass is 10.1. The molecule has 7 nitrogen and oxygen atoms in total. The molecule has 32 heavy (non-hydrogen) atoms. The largest absolute Gasteiger partial charge is 0.497 e. The molecule has 2 aromatic carbocycles. The summed E-state index contributed by atoms with van der Waals surface area (Å²) in [6.45, 7) is 0.867. The summed E-state index contributed by atoms with van der Waals surface area (Å²) in [6, 6.07) is 16.0. The molecule has 1 aliphatic carbocycles. The van der Waals surface area contributed by atoms with Gasteiger partial charge in [-0.15, -0.1) is 0 Å². The van der Waals surface area contributed by atoms with Gasteiger partial charge in [0.2, 0.25) is 5.91 Å². The van der Waals surface area contributed by atoms with E-state index >= 15 is 0 Å². The molecule has 3 amide bonds. The van der Waals surface area contributed by atoms with E-state index in [1.807, 2.05) is 36.2 Å². The smallest absolute Gasteiger partial charge is 0.314 e. The van der Waals surface area contributed by atoms with Crippen LogP contribution in [0.25, 0.3) is 0 Å². The van der Waals surface area contributed by atoms with Gasteiger partial charge in [0.15, 0.2) is 0 Å². The van der Waals surface area contributed by atoms with E-state index in [1.165, 1.54) is 18.4 Å². The summed E-state index contributed by atoms with van der Waals surface area (Å²) < 4.78 is 5.24. The number of likely N-dealkylation sites (N-methyl/N-ethyl adjacent to an activating group) is 1. The second-order valence-electron chi connectivity index (χ2n) is 8.59. The maximum atomic E-state index is 13.4. The molecule has 0 bridgehead atoms. The Morgan fingerprint density at radius 2 is 1.72 bits per heavy atom. The molecule has 4 rings (SSSR count). The van der Waals surface area contributed by atoms with Crippen LogP contribution in [0.2, 0.25) is 0 Å². The van der Waals surface area contributed by atoms with Gasteiger partial charge in [-0.1, -0.05) is 36.4 Å². The molecule has 2 aliphatic rings. The average molecular weight is 437 g/mol. The molecule has 2 aromatic rings. The third-order valence-corrected chi connectivity index (χ3v) is 6.51. The number of urea groups is 1. The Bertz CT molecular complexity index is 941.